The van der Waals surface area contributed by atoms with Crippen LogP contribution in [-0.2, 0) is 0 Å². The van der Waals surface area contributed by atoms with Crippen molar-refractivity contribution in [3.05, 3.63) is 24.4 Å². The number of hydrogen-bond donors (Lipinski definition) is 2. The summed E-state index contributed by atoms with van der Waals surface area (Å²) in [6, 6.07) is 5.38. The fourth-order valence-corrected chi connectivity index (χ4v) is 1.38. The molecular weight excluding hydrogens is 248 g/mol. The molecule has 10 nitrogen and oxygen atoms in total. The zero-order valence-corrected chi connectivity index (χ0v) is 9.54. The van der Waals surface area contributed by atoms with Crippen LogP contribution in [0.15, 0.2) is 29.4 Å². The van der Waals surface area contributed by atoms with Crippen molar-refractivity contribution in [3.63, 3.8) is 0 Å². The van der Waals surface area contributed by atoms with E-state index in [1.807, 2.05) is 6.07 Å². The van der Waals surface area contributed by atoms with Crippen molar-refractivity contribution < 1.29 is 0 Å². The van der Waals surface area contributed by atoms with Crippen LogP contribution >= 0.6 is 0 Å². The number of rotatable bonds is 2. The van der Waals surface area contributed by atoms with E-state index in [0.717, 1.165) is 0 Å². The van der Waals surface area contributed by atoms with E-state index in [9.17, 15) is 0 Å². The van der Waals surface area contributed by atoms with Gasteiger partial charge >= 0.3 is 0 Å². The van der Waals surface area contributed by atoms with Gasteiger partial charge in [-0.2, -0.15) is 9.98 Å². The van der Waals surface area contributed by atoms with Gasteiger partial charge in [-0.25, -0.2) is 0 Å². The molecule has 0 atom stereocenters. The fraction of sp³-hybridized carbons (Fsp3) is 0. The number of aromatic nitrogens is 7. The Kier molecular flexibility index (Phi) is 2.45. The number of guanidine groups is 1. The Morgan fingerprint density at radius 3 is 2.79 bits per heavy atom. The zero-order chi connectivity index (χ0) is 13.2. The van der Waals surface area contributed by atoms with Crippen molar-refractivity contribution in [1.82, 2.24) is 35.0 Å². The third kappa shape index (κ3) is 2.13. The summed E-state index contributed by atoms with van der Waals surface area (Å²) < 4.78 is 1.19. The maximum absolute atomic E-state index is 5.24. The molecule has 0 unspecified atom stereocenters. The smallest absolute Gasteiger partial charge is 0.291 e. The third-order valence-electron chi connectivity index (χ3n) is 2.11. The maximum Gasteiger partial charge on any atom is 0.291 e. The summed E-state index contributed by atoms with van der Waals surface area (Å²) in [5, 5.41) is 15.9. The highest BCUT2D eigenvalue weighted by Gasteiger charge is 2.09. The van der Waals surface area contributed by atoms with Crippen LogP contribution in [0.5, 0.6) is 0 Å². The summed E-state index contributed by atoms with van der Waals surface area (Å²) in [6.07, 6.45) is 1.63. The van der Waals surface area contributed by atoms with E-state index in [-0.39, 0.29) is 17.7 Å². The molecular formula is C9H8N10. The lowest BCUT2D eigenvalue weighted by molar-refractivity contribution is 0.748. The standard InChI is InChI=1S/C9H8N10/c10-7(11)13-8-14-9-16-15-6(17-19(9)18-8)5-3-1-2-4-12-5/h1-4H,(H4,10,11,13,18). The van der Waals surface area contributed by atoms with Gasteiger partial charge in [-0.05, 0) is 12.1 Å². The van der Waals surface area contributed by atoms with E-state index < -0.39 is 0 Å². The van der Waals surface area contributed by atoms with Gasteiger partial charge in [0.25, 0.3) is 11.7 Å². The number of fused-ring (bicyclic) bond motifs is 1. The van der Waals surface area contributed by atoms with Gasteiger partial charge in [-0.3, -0.25) is 4.98 Å². The minimum Gasteiger partial charge on any atom is -0.370 e. The van der Waals surface area contributed by atoms with Crippen LogP contribution in [0.25, 0.3) is 17.3 Å². The highest BCUT2D eigenvalue weighted by atomic mass is 15.5. The molecule has 3 heterocycles. The molecule has 10 heteroatoms. The first kappa shape index (κ1) is 11.0. The van der Waals surface area contributed by atoms with E-state index in [4.69, 9.17) is 11.5 Å². The van der Waals surface area contributed by atoms with Crippen molar-refractivity contribution in [3.8, 4) is 11.5 Å². The molecule has 0 radical (unpaired) electrons. The number of nitrogens with zero attached hydrogens (tertiary/aromatic N) is 8. The lowest BCUT2D eigenvalue weighted by Crippen LogP contribution is -2.22. The first-order valence-electron chi connectivity index (χ1n) is 5.21. The minimum atomic E-state index is -0.145. The second-order valence-electron chi connectivity index (χ2n) is 3.48. The van der Waals surface area contributed by atoms with E-state index in [0.29, 0.717) is 11.5 Å². The topological polar surface area (TPSA) is 146 Å². The average molecular weight is 256 g/mol. The summed E-state index contributed by atoms with van der Waals surface area (Å²) in [5.74, 6) is 0.447. The Balaban J connectivity index is 2.09. The molecule has 0 bridgehead atoms. The number of pyridine rings is 1. The van der Waals surface area contributed by atoms with Crippen LogP contribution in [0.3, 0.4) is 0 Å². The predicted molar refractivity (Wildman–Crippen MR) is 65.1 cm³/mol. The predicted octanol–water partition coefficient (Wildman–Crippen LogP) is -1.12. The van der Waals surface area contributed by atoms with Crippen LogP contribution in [0.2, 0.25) is 0 Å². The molecule has 3 rings (SSSR count). The minimum absolute atomic E-state index is 0.0694. The van der Waals surface area contributed by atoms with Gasteiger partial charge in [0.15, 0.2) is 5.96 Å². The first-order chi connectivity index (χ1) is 9.22. The van der Waals surface area contributed by atoms with Crippen molar-refractivity contribution in [2.45, 2.75) is 0 Å². The van der Waals surface area contributed by atoms with Crippen LogP contribution in [0.1, 0.15) is 0 Å². The molecule has 0 fully saturated rings. The maximum atomic E-state index is 5.24. The number of nitrogens with two attached hydrogens (primary N) is 2. The summed E-state index contributed by atoms with van der Waals surface area (Å²) in [4.78, 5) is 11.8. The number of aliphatic imine (C=N–C) groups is 1. The molecule has 0 aliphatic heterocycles. The molecule has 3 aromatic rings. The summed E-state index contributed by atoms with van der Waals surface area (Å²) >= 11 is 0. The Morgan fingerprint density at radius 1 is 1.16 bits per heavy atom. The van der Waals surface area contributed by atoms with Crippen molar-refractivity contribution in [1.29, 1.82) is 0 Å². The molecule has 0 saturated carbocycles. The lowest BCUT2D eigenvalue weighted by atomic mass is 10.3. The third-order valence-corrected chi connectivity index (χ3v) is 2.11. The number of hydrogen-bond acceptors (Lipinski definition) is 7. The Morgan fingerprint density at radius 2 is 2.05 bits per heavy atom. The Hall–Kier alpha value is -3.17. The molecule has 19 heavy (non-hydrogen) atoms. The van der Waals surface area contributed by atoms with Gasteiger partial charge in [0.1, 0.15) is 5.69 Å². The quantitative estimate of drug-likeness (QED) is 0.433. The molecule has 94 valence electrons. The second kappa shape index (κ2) is 4.25. The zero-order valence-electron chi connectivity index (χ0n) is 9.54. The molecule has 3 aromatic heterocycles. The second-order valence-corrected chi connectivity index (χ2v) is 3.48. The van der Waals surface area contributed by atoms with E-state index in [2.05, 4.69) is 35.4 Å². The average Bonchev–Trinajstić information content (AvgIpc) is 2.79. The molecule has 0 saturated heterocycles. The van der Waals surface area contributed by atoms with Gasteiger partial charge in [0.2, 0.25) is 5.82 Å². The molecule has 0 aliphatic carbocycles. The summed E-state index contributed by atoms with van der Waals surface area (Å²) in [7, 11) is 0. The highest BCUT2D eigenvalue weighted by Crippen LogP contribution is 2.10. The van der Waals surface area contributed by atoms with Crippen molar-refractivity contribution >= 4 is 17.7 Å². The molecule has 4 N–H and O–H groups in total. The van der Waals surface area contributed by atoms with Crippen LogP contribution in [-0.4, -0.2) is 41.0 Å². The largest absolute Gasteiger partial charge is 0.370 e. The summed E-state index contributed by atoms with van der Waals surface area (Å²) in [6.45, 7) is 0. The molecule has 0 amide bonds. The fourth-order valence-electron chi connectivity index (χ4n) is 1.38. The highest BCUT2D eigenvalue weighted by molar-refractivity contribution is 5.77. The summed E-state index contributed by atoms with van der Waals surface area (Å²) in [5.41, 5.74) is 11.1. The van der Waals surface area contributed by atoms with Crippen molar-refractivity contribution in [2.75, 3.05) is 0 Å². The van der Waals surface area contributed by atoms with Gasteiger partial charge in [0.05, 0.1) is 0 Å². The lowest BCUT2D eigenvalue weighted by Gasteiger charge is -1.95. The van der Waals surface area contributed by atoms with Crippen molar-refractivity contribution in [2.24, 2.45) is 16.5 Å². The molecule has 0 aromatic carbocycles. The van der Waals surface area contributed by atoms with E-state index in [1.54, 1.807) is 18.3 Å². The van der Waals surface area contributed by atoms with Crippen LogP contribution < -0.4 is 11.5 Å². The Labute approximate surface area is 106 Å². The van der Waals surface area contributed by atoms with Gasteiger partial charge in [-0.1, -0.05) is 6.07 Å². The van der Waals surface area contributed by atoms with Gasteiger partial charge < -0.3 is 11.5 Å². The molecule has 0 aliphatic rings. The van der Waals surface area contributed by atoms with Crippen LogP contribution in [0, 0.1) is 0 Å². The van der Waals surface area contributed by atoms with Gasteiger partial charge in [0, 0.05) is 6.20 Å². The van der Waals surface area contributed by atoms with Gasteiger partial charge in [-0.15, -0.1) is 25.0 Å². The SMILES string of the molecule is NC(N)=Nc1nc2nnc(-c3ccccn3)nn2n1. The first-order valence-corrected chi connectivity index (χ1v) is 5.21. The van der Waals surface area contributed by atoms with Crippen LogP contribution in [0.4, 0.5) is 5.95 Å². The van der Waals surface area contributed by atoms with E-state index >= 15 is 0 Å². The normalized spacial score (nSPS) is 10.5. The monoisotopic (exact) mass is 256 g/mol. The van der Waals surface area contributed by atoms with E-state index in [1.165, 1.54) is 4.63 Å². The molecule has 0 spiro atoms. The Bertz CT molecular complexity index is 742.